The van der Waals surface area contributed by atoms with Gasteiger partial charge in [-0.15, -0.1) is 0 Å². The zero-order chi connectivity index (χ0) is 57.8. The average Bonchev–Trinajstić information content (AvgIpc) is 3.46. The lowest BCUT2D eigenvalue weighted by molar-refractivity contribution is -0.167. The van der Waals surface area contributed by atoms with Gasteiger partial charge in [0, 0.05) is 19.3 Å². The molecule has 1 unspecified atom stereocenters. The molecule has 0 saturated heterocycles. The van der Waals surface area contributed by atoms with Crippen molar-refractivity contribution in [3.8, 4) is 0 Å². The molecule has 0 heterocycles. The van der Waals surface area contributed by atoms with Gasteiger partial charge in [0.2, 0.25) is 0 Å². The number of hydrogen-bond acceptors (Lipinski definition) is 6. The van der Waals surface area contributed by atoms with Crippen LogP contribution in [0.1, 0.15) is 387 Å². The molecule has 0 saturated carbocycles. The van der Waals surface area contributed by atoms with Crippen molar-refractivity contribution in [2.45, 2.75) is 393 Å². The molecule has 6 nitrogen and oxygen atoms in total. The summed E-state index contributed by atoms with van der Waals surface area (Å²) < 4.78 is 17.0. The summed E-state index contributed by atoms with van der Waals surface area (Å²) in [4.78, 5) is 38.5. The summed E-state index contributed by atoms with van der Waals surface area (Å²) in [6, 6.07) is 0. The minimum atomic E-state index is -0.778. The third kappa shape index (κ3) is 66.2. The average molecular weight is 1120 g/mol. The summed E-state index contributed by atoms with van der Waals surface area (Å²) in [6.07, 6.45) is 87.1. The Morgan fingerprint density at radius 3 is 0.700 bits per heavy atom. The molecule has 6 heteroatoms. The van der Waals surface area contributed by atoms with Crippen LogP contribution in [0, 0.1) is 0 Å². The molecule has 0 aliphatic heterocycles. The Morgan fingerprint density at radius 1 is 0.250 bits per heavy atom. The Kier molecular flexibility index (Phi) is 66.6. The molecule has 0 aliphatic carbocycles. The molecule has 0 aromatic heterocycles. The number of carbonyl (C=O) groups is 3. The van der Waals surface area contributed by atoms with Crippen LogP contribution in [0.15, 0.2) is 48.6 Å². The van der Waals surface area contributed by atoms with Crippen molar-refractivity contribution in [1.29, 1.82) is 0 Å². The normalized spacial score (nSPS) is 12.3. The van der Waals surface area contributed by atoms with Crippen LogP contribution in [-0.4, -0.2) is 37.2 Å². The van der Waals surface area contributed by atoms with Gasteiger partial charge in [-0.1, -0.05) is 313 Å². The first-order valence-corrected chi connectivity index (χ1v) is 35.6. The molecule has 0 fully saturated rings. The molecule has 0 rings (SSSR count). The number of hydrogen-bond donors (Lipinski definition) is 0. The second-order valence-electron chi connectivity index (χ2n) is 24.1. The number of carbonyl (C=O) groups excluding carboxylic acids is 3. The number of esters is 3. The SMILES string of the molecule is CCCCCCC/C=C\C/C=C\CCCCCCCCCCCCCCCCCC(=O)OCC(COC(=O)CCCCCCC/C=C\CCCCCCCCC)OC(=O)CCCCCCCCCCC/C=C\CCCCCCCC. The lowest BCUT2D eigenvalue weighted by atomic mass is 10.0. The monoisotopic (exact) mass is 1120 g/mol. The van der Waals surface area contributed by atoms with Gasteiger partial charge in [0.1, 0.15) is 13.2 Å². The second-order valence-corrected chi connectivity index (χ2v) is 24.1. The Bertz CT molecular complexity index is 1380. The molecular formula is C74H136O6. The summed E-state index contributed by atoms with van der Waals surface area (Å²) >= 11 is 0. The van der Waals surface area contributed by atoms with Gasteiger partial charge in [0.05, 0.1) is 0 Å². The van der Waals surface area contributed by atoms with Gasteiger partial charge in [-0.25, -0.2) is 0 Å². The third-order valence-electron chi connectivity index (χ3n) is 16.0. The highest BCUT2D eigenvalue weighted by molar-refractivity contribution is 5.71. The van der Waals surface area contributed by atoms with Crippen LogP contribution in [0.4, 0.5) is 0 Å². The standard InChI is InChI=1S/C74H136O6/c1-4-7-10-13-16-19-22-25-28-31-33-34-35-36-37-38-39-40-42-43-46-49-52-55-58-61-64-67-73(76)79-70-71(69-78-72(75)66-63-60-57-54-51-48-45-30-27-24-21-18-15-12-9-6-3)80-74(77)68-65-62-59-56-53-50-47-44-41-32-29-26-23-20-17-14-11-8-5-2/h22,25-26,29-31,33,45,71H,4-21,23-24,27-28,32,34-44,46-70H2,1-3H3/b25-22-,29-26-,33-31-,45-30-. The Morgan fingerprint density at radius 2 is 0.450 bits per heavy atom. The maximum absolute atomic E-state index is 13.0. The maximum atomic E-state index is 13.0. The predicted octanol–water partition coefficient (Wildman–Crippen LogP) is 24.5. The molecule has 0 amide bonds. The number of ether oxygens (including phenoxy) is 3. The summed E-state index contributed by atoms with van der Waals surface area (Å²) in [6.45, 7) is 6.68. The predicted molar refractivity (Wildman–Crippen MR) is 349 cm³/mol. The second kappa shape index (κ2) is 68.9. The molecule has 0 aliphatic rings. The van der Waals surface area contributed by atoms with Crippen molar-refractivity contribution in [2.75, 3.05) is 13.2 Å². The van der Waals surface area contributed by atoms with Gasteiger partial charge in [-0.3, -0.25) is 14.4 Å². The van der Waals surface area contributed by atoms with E-state index in [0.717, 1.165) is 70.6 Å². The first-order valence-electron chi connectivity index (χ1n) is 35.6. The van der Waals surface area contributed by atoms with Gasteiger partial charge >= 0.3 is 17.9 Å². The van der Waals surface area contributed by atoms with E-state index in [4.69, 9.17) is 14.2 Å². The van der Waals surface area contributed by atoms with Crippen molar-refractivity contribution in [3.05, 3.63) is 48.6 Å². The minimum Gasteiger partial charge on any atom is -0.462 e. The number of rotatable bonds is 66. The topological polar surface area (TPSA) is 78.9 Å². The molecular weight excluding hydrogens is 985 g/mol. The van der Waals surface area contributed by atoms with E-state index in [9.17, 15) is 14.4 Å². The fraction of sp³-hybridized carbons (Fsp3) is 0.851. The smallest absolute Gasteiger partial charge is 0.306 e. The molecule has 0 spiro atoms. The van der Waals surface area contributed by atoms with Crippen molar-refractivity contribution in [3.63, 3.8) is 0 Å². The quantitative estimate of drug-likeness (QED) is 0.0261. The van der Waals surface area contributed by atoms with Gasteiger partial charge in [-0.05, 0) is 103 Å². The maximum Gasteiger partial charge on any atom is 0.306 e. The van der Waals surface area contributed by atoms with Gasteiger partial charge in [0.15, 0.2) is 6.10 Å². The summed E-state index contributed by atoms with van der Waals surface area (Å²) in [7, 11) is 0. The van der Waals surface area contributed by atoms with Crippen LogP contribution in [-0.2, 0) is 28.6 Å². The van der Waals surface area contributed by atoms with E-state index >= 15 is 0 Å². The molecule has 0 N–H and O–H groups in total. The number of allylic oxidation sites excluding steroid dienone is 8. The van der Waals surface area contributed by atoms with Gasteiger partial charge < -0.3 is 14.2 Å². The van der Waals surface area contributed by atoms with Crippen LogP contribution in [0.5, 0.6) is 0 Å². The molecule has 1 atom stereocenters. The van der Waals surface area contributed by atoms with Crippen LogP contribution >= 0.6 is 0 Å². The van der Waals surface area contributed by atoms with E-state index < -0.39 is 6.10 Å². The molecule has 0 bridgehead atoms. The van der Waals surface area contributed by atoms with E-state index in [0.29, 0.717) is 19.3 Å². The van der Waals surface area contributed by atoms with Gasteiger partial charge in [-0.2, -0.15) is 0 Å². The molecule has 468 valence electrons. The van der Waals surface area contributed by atoms with Crippen molar-refractivity contribution < 1.29 is 28.6 Å². The molecule has 0 aromatic carbocycles. The summed E-state index contributed by atoms with van der Waals surface area (Å²) in [5.41, 5.74) is 0. The lowest BCUT2D eigenvalue weighted by Crippen LogP contribution is -2.30. The Balaban J connectivity index is 4.27. The lowest BCUT2D eigenvalue weighted by Gasteiger charge is -2.18. The Labute approximate surface area is 498 Å². The van der Waals surface area contributed by atoms with Crippen molar-refractivity contribution in [1.82, 2.24) is 0 Å². The molecule has 80 heavy (non-hydrogen) atoms. The molecule has 0 aromatic rings. The zero-order valence-electron chi connectivity index (χ0n) is 53.9. The van der Waals surface area contributed by atoms with E-state index in [2.05, 4.69) is 69.4 Å². The first kappa shape index (κ1) is 77.4. The van der Waals surface area contributed by atoms with Crippen LogP contribution in [0.25, 0.3) is 0 Å². The van der Waals surface area contributed by atoms with E-state index in [1.165, 1.54) is 276 Å². The van der Waals surface area contributed by atoms with Crippen LogP contribution in [0.2, 0.25) is 0 Å². The highest BCUT2D eigenvalue weighted by Gasteiger charge is 2.19. The first-order chi connectivity index (χ1) is 39.5. The number of unbranched alkanes of at least 4 members (excludes halogenated alkanes) is 47. The fourth-order valence-corrected chi connectivity index (χ4v) is 10.6. The minimum absolute atomic E-state index is 0.0729. The fourth-order valence-electron chi connectivity index (χ4n) is 10.6. The largest absolute Gasteiger partial charge is 0.462 e. The highest BCUT2D eigenvalue weighted by atomic mass is 16.6. The van der Waals surface area contributed by atoms with Crippen molar-refractivity contribution in [2.24, 2.45) is 0 Å². The Hall–Kier alpha value is -2.63. The van der Waals surface area contributed by atoms with E-state index in [-0.39, 0.29) is 31.1 Å². The van der Waals surface area contributed by atoms with Crippen molar-refractivity contribution >= 4 is 17.9 Å². The van der Waals surface area contributed by atoms with Crippen LogP contribution in [0.3, 0.4) is 0 Å². The zero-order valence-corrected chi connectivity index (χ0v) is 53.9. The van der Waals surface area contributed by atoms with Crippen LogP contribution < -0.4 is 0 Å². The van der Waals surface area contributed by atoms with E-state index in [1.807, 2.05) is 0 Å². The molecule has 0 radical (unpaired) electrons. The van der Waals surface area contributed by atoms with E-state index in [1.54, 1.807) is 0 Å². The summed E-state index contributed by atoms with van der Waals surface area (Å²) in [5, 5.41) is 0. The van der Waals surface area contributed by atoms with Gasteiger partial charge in [0.25, 0.3) is 0 Å². The summed E-state index contributed by atoms with van der Waals surface area (Å²) in [5.74, 6) is -0.858. The highest BCUT2D eigenvalue weighted by Crippen LogP contribution is 2.18. The third-order valence-corrected chi connectivity index (χ3v) is 16.0.